The molecule has 1 amide bonds. The van der Waals surface area contributed by atoms with E-state index in [0.717, 1.165) is 55.2 Å². The standard InChI is InChI=1S/C26H26N2O/c1-18(20-12-14-28(15-13-20)26(29)22-10-11-22)19-6-8-21(9-7-19)24-16-23-4-2-3-5-25(23)27-17-24/h2-9,16-17,20,22H,1,10-15H2. The van der Waals surface area contributed by atoms with Crippen LogP contribution in [0, 0.1) is 11.8 Å². The third-order valence-corrected chi connectivity index (χ3v) is 6.41. The number of rotatable bonds is 4. The first kappa shape index (κ1) is 18.1. The van der Waals surface area contributed by atoms with Gasteiger partial charge in [0.05, 0.1) is 5.52 Å². The van der Waals surface area contributed by atoms with Crippen LogP contribution in [0.1, 0.15) is 31.2 Å². The van der Waals surface area contributed by atoms with E-state index < -0.39 is 0 Å². The number of benzene rings is 2. The summed E-state index contributed by atoms with van der Waals surface area (Å²) in [6.07, 6.45) is 6.16. The van der Waals surface area contributed by atoms with Crippen LogP contribution in [0.2, 0.25) is 0 Å². The van der Waals surface area contributed by atoms with Crippen LogP contribution in [0.15, 0.2) is 67.4 Å². The first-order valence-electron chi connectivity index (χ1n) is 10.6. The van der Waals surface area contributed by atoms with Gasteiger partial charge in [-0.2, -0.15) is 0 Å². The van der Waals surface area contributed by atoms with Gasteiger partial charge in [-0.1, -0.05) is 49.0 Å². The number of hydrogen-bond acceptors (Lipinski definition) is 2. The molecular formula is C26H26N2O. The SMILES string of the molecule is C=C(c1ccc(-c2cnc3ccccc3c2)cc1)C1CCN(C(=O)C2CC2)CC1. The van der Waals surface area contributed by atoms with Gasteiger partial charge in [0, 0.05) is 36.2 Å². The number of para-hydroxylation sites is 1. The van der Waals surface area contributed by atoms with Gasteiger partial charge in [-0.05, 0) is 60.4 Å². The number of nitrogens with zero attached hydrogens (tertiary/aromatic N) is 2. The van der Waals surface area contributed by atoms with Crippen LogP contribution < -0.4 is 0 Å². The molecule has 0 unspecified atom stereocenters. The molecule has 2 aliphatic rings. The average molecular weight is 383 g/mol. The van der Waals surface area contributed by atoms with Crippen LogP contribution in [0.5, 0.6) is 0 Å². The van der Waals surface area contributed by atoms with Gasteiger partial charge in [-0.25, -0.2) is 0 Å². The topological polar surface area (TPSA) is 33.2 Å². The maximum atomic E-state index is 12.3. The Bertz CT molecular complexity index is 1060. The Kier molecular flexibility index (Phi) is 4.67. The van der Waals surface area contributed by atoms with Crippen LogP contribution in [-0.4, -0.2) is 28.9 Å². The summed E-state index contributed by atoms with van der Waals surface area (Å²) in [5, 5.41) is 1.16. The van der Waals surface area contributed by atoms with Crippen molar-refractivity contribution in [2.75, 3.05) is 13.1 Å². The molecule has 3 aromatic rings. The summed E-state index contributed by atoms with van der Waals surface area (Å²) in [4.78, 5) is 18.9. The van der Waals surface area contributed by atoms with Crippen molar-refractivity contribution in [3.63, 3.8) is 0 Å². The van der Waals surface area contributed by atoms with E-state index in [1.165, 1.54) is 16.7 Å². The molecule has 2 aromatic carbocycles. The van der Waals surface area contributed by atoms with Gasteiger partial charge in [-0.3, -0.25) is 9.78 Å². The second-order valence-corrected chi connectivity index (χ2v) is 8.39. The van der Waals surface area contributed by atoms with Crippen LogP contribution >= 0.6 is 0 Å². The molecule has 29 heavy (non-hydrogen) atoms. The fraction of sp³-hybridized carbons (Fsp3) is 0.308. The van der Waals surface area contributed by atoms with E-state index in [0.29, 0.717) is 17.7 Å². The van der Waals surface area contributed by atoms with Crippen LogP contribution in [0.3, 0.4) is 0 Å². The molecule has 3 heteroatoms. The Morgan fingerprint density at radius 3 is 2.34 bits per heavy atom. The number of aromatic nitrogens is 1. The van der Waals surface area contributed by atoms with Gasteiger partial charge >= 0.3 is 0 Å². The minimum Gasteiger partial charge on any atom is -0.342 e. The third-order valence-electron chi connectivity index (χ3n) is 6.41. The molecule has 0 atom stereocenters. The lowest BCUT2D eigenvalue weighted by Gasteiger charge is -2.33. The summed E-state index contributed by atoms with van der Waals surface area (Å²) >= 11 is 0. The number of piperidine rings is 1. The Hall–Kier alpha value is -2.94. The number of carbonyl (C=O) groups excluding carboxylic acids is 1. The molecule has 1 aliphatic heterocycles. The molecule has 3 nitrogen and oxygen atoms in total. The molecule has 1 aromatic heterocycles. The minimum atomic E-state index is 0.326. The van der Waals surface area contributed by atoms with E-state index >= 15 is 0 Å². The highest BCUT2D eigenvalue weighted by Gasteiger charge is 2.35. The number of pyridine rings is 1. The van der Waals surface area contributed by atoms with E-state index in [4.69, 9.17) is 0 Å². The molecule has 5 rings (SSSR count). The minimum absolute atomic E-state index is 0.326. The first-order chi connectivity index (χ1) is 14.2. The Labute approximate surface area is 172 Å². The second kappa shape index (κ2) is 7.47. The lowest BCUT2D eigenvalue weighted by molar-refractivity contribution is -0.133. The summed E-state index contributed by atoms with van der Waals surface area (Å²) < 4.78 is 0. The number of amides is 1. The van der Waals surface area contributed by atoms with E-state index in [1.807, 2.05) is 24.4 Å². The van der Waals surface area contributed by atoms with Gasteiger partial charge in [-0.15, -0.1) is 0 Å². The quantitative estimate of drug-likeness (QED) is 0.591. The smallest absolute Gasteiger partial charge is 0.225 e. The lowest BCUT2D eigenvalue weighted by Crippen LogP contribution is -2.39. The lowest BCUT2D eigenvalue weighted by atomic mass is 9.85. The van der Waals surface area contributed by atoms with Crippen molar-refractivity contribution in [3.05, 3.63) is 72.9 Å². The molecule has 0 N–H and O–H groups in total. The highest BCUT2D eigenvalue weighted by atomic mass is 16.2. The van der Waals surface area contributed by atoms with Gasteiger partial charge in [0.15, 0.2) is 0 Å². The van der Waals surface area contributed by atoms with Crippen molar-refractivity contribution < 1.29 is 4.79 Å². The molecule has 1 saturated carbocycles. The van der Waals surface area contributed by atoms with Crippen molar-refractivity contribution in [1.82, 2.24) is 9.88 Å². The predicted molar refractivity (Wildman–Crippen MR) is 118 cm³/mol. The number of fused-ring (bicyclic) bond motifs is 1. The molecule has 2 fully saturated rings. The number of carbonyl (C=O) groups is 1. The summed E-state index contributed by atoms with van der Waals surface area (Å²) in [5.74, 6) is 1.17. The van der Waals surface area contributed by atoms with Gasteiger partial charge in [0.1, 0.15) is 0 Å². The first-order valence-corrected chi connectivity index (χ1v) is 10.6. The Morgan fingerprint density at radius 2 is 1.62 bits per heavy atom. The monoisotopic (exact) mass is 382 g/mol. The van der Waals surface area contributed by atoms with Crippen molar-refractivity contribution in [2.24, 2.45) is 11.8 Å². The zero-order chi connectivity index (χ0) is 19.8. The van der Waals surface area contributed by atoms with E-state index in [9.17, 15) is 4.79 Å². The number of hydrogen-bond donors (Lipinski definition) is 0. The van der Waals surface area contributed by atoms with Crippen molar-refractivity contribution in [1.29, 1.82) is 0 Å². The van der Waals surface area contributed by atoms with Crippen LogP contribution in [0.4, 0.5) is 0 Å². The maximum absolute atomic E-state index is 12.3. The fourth-order valence-corrected chi connectivity index (χ4v) is 4.38. The Morgan fingerprint density at radius 1 is 0.897 bits per heavy atom. The molecule has 1 aliphatic carbocycles. The van der Waals surface area contributed by atoms with E-state index in [-0.39, 0.29) is 0 Å². The summed E-state index contributed by atoms with van der Waals surface area (Å²) in [6.45, 7) is 6.14. The van der Waals surface area contributed by atoms with Crippen molar-refractivity contribution in [2.45, 2.75) is 25.7 Å². The summed E-state index contributed by atoms with van der Waals surface area (Å²) in [6, 6.07) is 19.1. The molecule has 1 saturated heterocycles. The largest absolute Gasteiger partial charge is 0.342 e. The van der Waals surface area contributed by atoms with Crippen LogP contribution in [0.25, 0.3) is 27.6 Å². The molecule has 0 bridgehead atoms. The molecule has 0 radical (unpaired) electrons. The highest BCUT2D eigenvalue weighted by Crippen LogP contribution is 2.35. The van der Waals surface area contributed by atoms with Crippen molar-refractivity contribution >= 4 is 22.4 Å². The predicted octanol–water partition coefficient (Wildman–Crippen LogP) is 5.56. The highest BCUT2D eigenvalue weighted by molar-refractivity contribution is 5.84. The fourth-order valence-electron chi connectivity index (χ4n) is 4.38. The van der Waals surface area contributed by atoms with Gasteiger partial charge in [0.2, 0.25) is 5.91 Å². The maximum Gasteiger partial charge on any atom is 0.225 e. The Balaban J connectivity index is 1.27. The number of allylic oxidation sites excluding steroid dienone is 1. The third kappa shape index (κ3) is 3.69. The zero-order valence-corrected chi connectivity index (χ0v) is 16.7. The van der Waals surface area contributed by atoms with E-state index in [1.54, 1.807) is 0 Å². The number of likely N-dealkylation sites (tertiary alicyclic amines) is 1. The summed E-state index contributed by atoms with van der Waals surface area (Å²) in [7, 11) is 0. The van der Waals surface area contributed by atoms with E-state index in [2.05, 4.69) is 52.9 Å². The summed E-state index contributed by atoms with van der Waals surface area (Å²) in [5.41, 5.74) is 5.73. The zero-order valence-electron chi connectivity index (χ0n) is 16.7. The average Bonchev–Trinajstić information content (AvgIpc) is 3.63. The normalized spacial score (nSPS) is 17.4. The second-order valence-electron chi connectivity index (χ2n) is 8.39. The van der Waals surface area contributed by atoms with Crippen LogP contribution in [-0.2, 0) is 4.79 Å². The molecule has 146 valence electrons. The molecular weight excluding hydrogens is 356 g/mol. The molecule has 0 spiro atoms. The van der Waals surface area contributed by atoms with Gasteiger partial charge < -0.3 is 4.90 Å². The molecule has 2 heterocycles. The van der Waals surface area contributed by atoms with Crippen molar-refractivity contribution in [3.8, 4) is 11.1 Å². The van der Waals surface area contributed by atoms with Gasteiger partial charge in [0.25, 0.3) is 0 Å².